The standard InChI is InChI=1S/C13H30N2Si/c1-5-8-14(9-6-2)11-12-15-10-7-13-16(15,3)4/h5-13H2,1-4H3. The van der Waals surface area contributed by atoms with E-state index in [0.717, 1.165) is 0 Å². The Morgan fingerprint density at radius 3 is 2.12 bits per heavy atom. The quantitative estimate of drug-likeness (QED) is 0.633. The molecule has 1 aliphatic heterocycles. The van der Waals surface area contributed by atoms with Crippen LogP contribution in [0.15, 0.2) is 0 Å². The van der Waals surface area contributed by atoms with Crippen molar-refractivity contribution in [2.45, 2.75) is 52.2 Å². The fraction of sp³-hybridized carbons (Fsp3) is 1.00. The smallest absolute Gasteiger partial charge is 0.122 e. The van der Waals surface area contributed by atoms with Gasteiger partial charge in [0.2, 0.25) is 0 Å². The molecular formula is C13H30N2Si. The molecule has 0 aromatic carbocycles. The van der Waals surface area contributed by atoms with E-state index in [4.69, 9.17) is 0 Å². The summed E-state index contributed by atoms with van der Waals surface area (Å²) < 4.78 is 2.81. The van der Waals surface area contributed by atoms with Crippen LogP contribution in [0.4, 0.5) is 0 Å². The monoisotopic (exact) mass is 242 g/mol. The highest BCUT2D eigenvalue weighted by Gasteiger charge is 2.33. The average Bonchev–Trinajstić information content (AvgIpc) is 2.55. The molecule has 0 radical (unpaired) electrons. The highest BCUT2D eigenvalue weighted by molar-refractivity contribution is 6.75. The van der Waals surface area contributed by atoms with E-state index in [1.807, 2.05) is 0 Å². The molecule has 1 aliphatic rings. The SMILES string of the molecule is CCCN(CCC)CCN1CCC[Si]1(C)C. The molecule has 0 N–H and O–H groups in total. The van der Waals surface area contributed by atoms with Gasteiger partial charge in [-0.3, -0.25) is 0 Å². The summed E-state index contributed by atoms with van der Waals surface area (Å²) in [6.45, 7) is 16.2. The zero-order valence-corrected chi connectivity index (χ0v) is 12.8. The van der Waals surface area contributed by atoms with E-state index >= 15 is 0 Å². The van der Waals surface area contributed by atoms with Gasteiger partial charge < -0.3 is 9.47 Å². The Hall–Kier alpha value is 0.137. The Kier molecular flexibility index (Phi) is 6.01. The normalized spacial score (nSPS) is 20.8. The van der Waals surface area contributed by atoms with Gasteiger partial charge in [0.25, 0.3) is 0 Å². The van der Waals surface area contributed by atoms with Crippen LogP contribution >= 0.6 is 0 Å². The molecule has 0 spiro atoms. The van der Waals surface area contributed by atoms with Gasteiger partial charge in [0.1, 0.15) is 8.24 Å². The summed E-state index contributed by atoms with van der Waals surface area (Å²) in [7, 11) is -0.976. The third kappa shape index (κ3) is 4.19. The van der Waals surface area contributed by atoms with Gasteiger partial charge in [-0.15, -0.1) is 0 Å². The van der Waals surface area contributed by atoms with E-state index in [9.17, 15) is 0 Å². The van der Waals surface area contributed by atoms with E-state index in [-0.39, 0.29) is 0 Å². The first-order valence-electron chi connectivity index (χ1n) is 7.07. The second kappa shape index (κ2) is 6.77. The molecule has 0 aromatic heterocycles. The molecule has 1 heterocycles. The molecule has 0 amide bonds. The van der Waals surface area contributed by atoms with Gasteiger partial charge in [-0.1, -0.05) is 26.9 Å². The van der Waals surface area contributed by atoms with Crippen LogP contribution in [-0.4, -0.2) is 50.4 Å². The maximum atomic E-state index is 2.81. The second-order valence-electron chi connectivity index (χ2n) is 5.74. The summed E-state index contributed by atoms with van der Waals surface area (Å²) in [6, 6.07) is 1.51. The molecule has 3 heteroatoms. The minimum atomic E-state index is -0.976. The highest BCUT2D eigenvalue weighted by atomic mass is 28.3. The molecule has 0 bridgehead atoms. The Balaban J connectivity index is 2.30. The van der Waals surface area contributed by atoms with Crippen molar-refractivity contribution >= 4 is 8.24 Å². The van der Waals surface area contributed by atoms with Gasteiger partial charge in [-0.25, -0.2) is 0 Å². The summed E-state index contributed by atoms with van der Waals surface area (Å²) in [5, 5.41) is 0. The van der Waals surface area contributed by atoms with Crippen LogP contribution in [0.5, 0.6) is 0 Å². The average molecular weight is 242 g/mol. The first-order valence-corrected chi connectivity index (χ1v) is 10.2. The number of hydrogen-bond acceptors (Lipinski definition) is 2. The number of hydrogen-bond donors (Lipinski definition) is 0. The van der Waals surface area contributed by atoms with Crippen LogP contribution in [0, 0.1) is 0 Å². The topological polar surface area (TPSA) is 6.48 Å². The molecule has 2 nitrogen and oxygen atoms in total. The van der Waals surface area contributed by atoms with E-state index in [1.54, 1.807) is 0 Å². The highest BCUT2D eigenvalue weighted by Crippen LogP contribution is 2.24. The van der Waals surface area contributed by atoms with Gasteiger partial charge >= 0.3 is 0 Å². The maximum absolute atomic E-state index is 2.81. The summed E-state index contributed by atoms with van der Waals surface area (Å²) in [4.78, 5) is 2.64. The second-order valence-corrected chi connectivity index (χ2v) is 10.5. The molecule has 1 rings (SSSR count). The first kappa shape index (κ1) is 14.2. The Labute approximate surface area is 103 Å². The fourth-order valence-corrected chi connectivity index (χ4v) is 5.62. The number of rotatable bonds is 7. The van der Waals surface area contributed by atoms with Crippen molar-refractivity contribution in [1.82, 2.24) is 9.47 Å². The molecule has 16 heavy (non-hydrogen) atoms. The van der Waals surface area contributed by atoms with E-state index in [2.05, 4.69) is 36.4 Å². The van der Waals surface area contributed by atoms with Crippen molar-refractivity contribution in [2.75, 3.05) is 32.7 Å². The third-order valence-corrected chi connectivity index (χ3v) is 7.57. The Bertz CT molecular complexity index is 188. The van der Waals surface area contributed by atoms with Crippen LogP contribution in [0.3, 0.4) is 0 Å². The lowest BCUT2D eigenvalue weighted by molar-refractivity contribution is 0.251. The van der Waals surface area contributed by atoms with Crippen molar-refractivity contribution in [1.29, 1.82) is 0 Å². The molecule has 96 valence electrons. The molecule has 0 saturated carbocycles. The molecule has 0 aromatic rings. The van der Waals surface area contributed by atoms with Crippen molar-refractivity contribution in [3.63, 3.8) is 0 Å². The van der Waals surface area contributed by atoms with E-state index < -0.39 is 8.24 Å². The van der Waals surface area contributed by atoms with Crippen LogP contribution < -0.4 is 0 Å². The summed E-state index contributed by atoms with van der Waals surface area (Å²) >= 11 is 0. The zero-order chi connectivity index (χ0) is 12.0. The van der Waals surface area contributed by atoms with Gasteiger partial charge in [0.15, 0.2) is 0 Å². The van der Waals surface area contributed by atoms with Crippen molar-refractivity contribution in [2.24, 2.45) is 0 Å². The molecule has 1 saturated heterocycles. The van der Waals surface area contributed by atoms with Gasteiger partial charge in [0, 0.05) is 13.1 Å². The molecule has 0 atom stereocenters. The van der Waals surface area contributed by atoms with Gasteiger partial charge in [0.05, 0.1) is 0 Å². The molecular weight excluding hydrogens is 212 g/mol. The van der Waals surface area contributed by atoms with Gasteiger partial charge in [-0.05, 0) is 44.9 Å². The molecule has 0 unspecified atom stereocenters. The van der Waals surface area contributed by atoms with Gasteiger partial charge in [-0.2, -0.15) is 0 Å². The summed E-state index contributed by atoms with van der Waals surface area (Å²) in [6.07, 6.45) is 4.03. The minimum absolute atomic E-state index is 0.976. The first-order chi connectivity index (χ1) is 7.60. The predicted molar refractivity (Wildman–Crippen MR) is 75.5 cm³/mol. The number of nitrogens with zero attached hydrogens (tertiary/aromatic N) is 2. The Morgan fingerprint density at radius 2 is 1.69 bits per heavy atom. The van der Waals surface area contributed by atoms with Crippen LogP contribution in [-0.2, 0) is 0 Å². The van der Waals surface area contributed by atoms with Crippen LogP contribution in [0.25, 0.3) is 0 Å². The lowest BCUT2D eigenvalue weighted by atomic mass is 10.3. The predicted octanol–water partition coefficient (Wildman–Crippen LogP) is 3.02. The van der Waals surface area contributed by atoms with E-state index in [1.165, 1.54) is 58.0 Å². The molecule has 1 fully saturated rings. The summed E-state index contributed by atoms with van der Waals surface area (Å²) in [5.74, 6) is 0. The minimum Gasteiger partial charge on any atom is -0.322 e. The van der Waals surface area contributed by atoms with Crippen LogP contribution in [0.1, 0.15) is 33.1 Å². The van der Waals surface area contributed by atoms with E-state index in [0.29, 0.717) is 0 Å². The van der Waals surface area contributed by atoms with Crippen LogP contribution in [0.2, 0.25) is 19.1 Å². The Morgan fingerprint density at radius 1 is 1.06 bits per heavy atom. The lowest BCUT2D eigenvalue weighted by Gasteiger charge is -2.32. The third-order valence-electron chi connectivity index (χ3n) is 3.84. The molecule has 0 aliphatic carbocycles. The van der Waals surface area contributed by atoms with Crippen molar-refractivity contribution in [3.05, 3.63) is 0 Å². The maximum Gasteiger partial charge on any atom is 0.122 e. The zero-order valence-electron chi connectivity index (χ0n) is 11.8. The largest absolute Gasteiger partial charge is 0.322 e. The fourth-order valence-electron chi connectivity index (χ4n) is 2.81. The van der Waals surface area contributed by atoms with Crippen molar-refractivity contribution < 1.29 is 0 Å². The van der Waals surface area contributed by atoms with Crippen molar-refractivity contribution in [3.8, 4) is 0 Å². The summed E-state index contributed by atoms with van der Waals surface area (Å²) in [5.41, 5.74) is 0. The lowest BCUT2D eigenvalue weighted by Crippen LogP contribution is -2.46.